The molecule has 1 heterocycles. The van der Waals surface area contributed by atoms with Crippen molar-refractivity contribution < 1.29 is 4.39 Å². The summed E-state index contributed by atoms with van der Waals surface area (Å²) in [4.78, 5) is 4.53. The summed E-state index contributed by atoms with van der Waals surface area (Å²) in [6.07, 6.45) is 8.07. The fourth-order valence-corrected chi connectivity index (χ4v) is 2.98. The lowest BCUT2D eigenvalue weighted by Crippen LogP contribution is -2.24. The Morgan fingerprint density at radius 2 is 2.05 bits per heavy atom. The second kappa shape index (κ2) is 6.06. The predicted octanol–water partition coefficient (Wildman–Crippen LogP) is 4.72. The van der Waals surface area contributed by atoms with Gasteiger partial charge in [0.15, 0.2) is 0 Å². The molecule has 1 fully saturated rings. The van der Waals surface area contributed by atoms with Crippen molar-refractivity contribution in [3.63, 3.8) is 0 Å². The predicted molar refractivity (Wildman–Crippen MR) is 83.8 cm³/mol. The van der Waals surface area contributed by atoms with Crippen molar-refractivity contribution in [3.8, 4) is 5.69 Å². The van der Waals surface area contributed by atoms with E-state index < -0.39 is 5.82 Å². The van der Waals surface area contributed by atoms with Crippen LogP contribution in [-0.4, -0.2) is 15.6 Å². The second-order valence-electron chi connectivity index (χ2n) is 5.65. The van der Waals surface area contributed by atoms with Crippen LogP contribution in [0.15, 0.2) is 24.4 Å². The third-order valence-electron chi connectivity index (χ3n) is 3.95. The Morgan fingerprint density at radius 3 is 2.76 bits per heavy atom. The third-order valence-corrected chi connectivity index (χ3v) is 4.25. The fraction of sp³-hybridized carbons (Fsp3) is 0.438. The second-order valence-corrected chi connectivity index (χ2v) is 6.06. The van der Waals surface area contributed by atoms with Crippen LogP contribution in [0.1, 0.15) is 37.8 Å². The van der Waals surface area contributed by atoms with Crippen molar-refractivity contribution in [2.45, 2.75) is 45.1 Å². The third kappa shape index (κ3) is 3.21. The lowest BCUT2D eigenvalue weighted by Gasteiger charge is -2.23. The zero-order chi connectivity index (χ0) is 14.8. The zero-order valence-corrected chi connectivity index (χ0v) is 12.8. The molecule has 3 nitrogen and oxygen atoms in total. The van der Waals surface area contributed by atoms with E-state index in [1.54, 1.807) is 12.1 Å². The first-order valence-electron chi connectivity index (χ1n) is 7.41. The highest BCUT2D eigenvalue weighted by Crippen LogP contribution is 2.25. The number of aryl methyl sites for hydroxylation is 1. The number of imidazole rings is 1. The van der Waals surface area contributed by atoms with Gasteiger partial charge in [0.2, 0.25) is 5.95 Å². The van der Waals surface area contributed by atoms with Crippen molar-refractivity contribution in [1.29, 1.82) is 0 Å². The maximum Gasteiger partial charge on any atom is 0.207 e. The van der Waals surface area contributed by atoms with Gasteiger partial charge in [-0.25, -0.2) is 9.37 Å². The Morgan fingerprint density at radius 1 is 1.29 bits per heavy atom. The van der Waals surface area contributed by atoms with Crippen LogP contribution >= 0.6 is 11.6 Å². The highest BCUT2D eigenvalue weighted by atomic mass is 35.5. The van der Waals surface area contributed by atoms with Crippen molar-refractivity contribution >= 4 is 17.5 Å². The van der Waals surface area contributed by atoms with Crippen molar-refractivity contribution in [2.75, 3.05) is 5.32 Å². The Hall–Kier alpha value is -1.55. The van der Waals surface area contributed by atoms with Gasteiger partial charge in [-0.1, -0.05) is 30.9 Å². The van der Waals surface area contributed by atoms with Crippen molar-refractivity contribution in [2.24, 2.45) is 0 Å². The molecular weight excluding hydrogens is 289 g/mol. The monoisotopic (exact) mass is 307 g/mol. The maximum absolute atomic E-state index is 13.7. The van der Waals surface area contributed by atoms with Gasteiger partial charge in [-0.05, 0) is 38.0 Å². The molecule has 0 amide bonds. The first kappa shape index (κ1) is 14.4. The van der Waals surface area contributed by atoms with E-state index in [4.69, 9.17) is 11.6 Å². The van der Waals surface area contributed by atoms with Crippen LogP contribution in [0.5, 0.6) is 0 Å². The summed E-state index contributed by atoms with van der Waals surface area (Å²) in [7, 11) is 0. The van der Waals surface area contributed by atoms with E-state index >= 15 is 0 Å². The summed E-state index contributed by atoms with van der Waals surface area (Å²) in [6.45, 7) is 1.94. The lowest BCUT2D eigenvalue weighted by atomic mass is 9.96. The van der Waals surface area contributed by atoms with Gasteiger partial charge in [0, 0.05) is 12.2 Å². The summed E-state index contributed by atoms with van der Waals surface area (Å²) in [5.74, 6) is 0.366. The van der Waals surface area contributed by atoms with Crippen LogP contribution in [0.3, 0.4) is 0 Å². The van der Waals surface area contributed by atoms with Gasteiger partial charge in [-0.2, -0.15) is 0 Å². The molecule has 1 aromatic heterocycles. The number of hydrogen-bond acceptors (Lipinski definition) is 2. The highest BCUT2D eigenvalue weighted by Gasteiger charge is 2.17. The number of hydrogen-bond donors (Lipinski definition) is 1. The van der Waals surface area contributed by atoms with Crippen LogP contribution in [0.4, 0.5) is 10.3 Å². The van der Waals surface area contributed by atoms with Crippen LogP contribution in [0.2, 0.25) is 5.02 Å². The Balaban J connectivity index is 1.89. The SMILES string of the molecule is Cc1cn(-c2ccc(Cl)c(F)c2)c(NC2CCCCC2)n1. The molecular formula is C16H19ClFN3. The summed E-state index contributed by atoms with van der Waals surface area (Å²) in [5, 5.41) is 3.64. The van der Waals surface area contributed by atoms with Crippen LogP contribution < -0.4 is 5.32 Å². The quantitative estimate of drug-likeness (QED) is 0.889. The molecule has 0 unspecified atom stereocenters. The largest absolute Gasteiger partial charge is 0.353 e. The van der Waals surface area contributed by atoms with E-state index in [-0.39, 0.29) is 5.02 Å². The van der Waals surface area contributed by atoms with Gasteiger partial charge in [0.25, 0.3) is 0 Å². The van der Waals surface area contributed by atoms with Gasteiger partial charge in [0.05, 0.1) is 16.4 Å². The van der Waals surface area contributed by atoms with Crippen LogP contribution in [0.25, 0.3) is 5.69 Å². The summed E-state index contributed by atoms with van der Waals surface area (Å²) in [5.41, 5.74) is 1.64. The van der Waals surface area contributed by atoms with Crippen molar-refractivity contribution in [3.05, 3.63) is 40.9 Å². The minimum absolute atomic E-state index is 0.136. The Bertz CT molecular complexity index is 632. The minimum Gasteiger partial charge on any atom is -0.353 e. The standard InChI is InChI=1S/C16H19ClFN3/c1-11-10-21(13-7-8-14(17)15(18)9-13)16(19-11)20-12-5-3-2-4-6-12/h7-10,12H,2-6H2,1H3,(H,19,20). The first-order chi connectivity index (χ1) is 10.1. The molecule has 112 valence electrons. The Labute approximate surface area is 129 Å². The van der Waals surface area contributed by atoms with Crippen molar-refractivity contribution in [1.82, 2.24) is 9.55 Å². The smallest absolute Gasteiger partial charge is 0.207 e. The van der Waals surface area contributed by atoms with Gasteiger partial charge in [-0.15, -0.1) is 0 Å². The molecule has 0 bridgehead atoms. The number of halogens is 2. The van der Waals surface area contributed by atoms with E-state index in [2.05, 4.69) is 10.3 Å². The molecule has 1 N–H and O–H groups in total. The average Bonchev–Trinajstić information content (AvgIpc) is 2.84. The van der Waals surface area contributed by atoms with Gasteiger partial charge in [-0.3, -0.25) is 4.57 Å². The zero-order valence-electron chi connectivity index (χ0n) is 12.1. The molecule has 2 aromatic rings. The molecule has 0 aliphatic heterocycles. The van der Waals surface area contributed by atoms with E-state index in [1.165, 1.54) is 38.2 Å². The molecule has 1 aliphatic rings. The summed E-state index contributed by atoms with van der Waals surface area (Å²) < 4.78 is 15.6. The molecule has 1 aromatic carbocycles. The molecule has 1 aliphatic carbocycles. The van der Waals surface area contributed by atoms with E-state index in [9.17, 15) is 4.39 Å². The lowest BCUT2D eigenvalue weighted by molar-refractivity contribution is 0.460. The first-order valence-corrected chi connectivity index (χ1v) is 7.79. The topological polar surface area (TPSA) is 29.9 Å². The number of anilines is 1. The normalized spacial score (nSPS) is 16.1. The molecule has 1 saturated carbocycles. The number of benzene rings is 1. The van der Waals surface area contributed by atoms with E-state index in [0.717, 1.165) is 17.3 Å². The Kier molecular flexibility index (Phi) is 4.15. The molecule has 0 radical (unpaired) electrons. The van der Waals surface area contributed by atoms with Crippen LogP contribution in [-0.2, 0) is 0 Å². The number of nitrogens with one attached hydrogen (secondary N) is 1. The van der Waals surface area contributed by atoms with Gasteiger partial charge < -0.3 is 5.32 Å². The molecule has 0 atom stereocenters. The molecule has 0 saturated heterocycles. The minimum atomic E-state index is -0.413. The van der Waals surface area contributed by atoms with E-state index in [0.29, 0.717) is 6.04 Å². The molecule has 5 heteroatoms. The summed E-state index contributed by atoms with van der Waals surface area (Å²) in [6, 6.07) is 5.27. The van der Waals surface area contributed by atoms with Gasteiger partial charge >= 0.3 is 0 Å². The number of aromatic nitrogens is 2. The van der Waals surface area contributed by atoms with E-state index in [1.807, 2.05) is 17.7 Å². The molecule has 0 spiro atoms. The average molecular weight is 308 g/mol. The fourth-order valence-electron chi connectivity index (χ4n) is 2.86. The molecule has 21 heavy (non-hydrogen) atoms. The number of rotatable bonds is 3. The number of nitrogens with zero attached hydrogens (tertiary/aromatic N) is 2. The van der Waals surface area contributed by atoms with Gasteiger partial charge in [0.1, 0.15) is 5.82 Å². The maximum atomic E-state index is 13.7. The summed E-state index contributed by atoms with van der Waals surface area (Å²) >= 11 is 5.75. The highest BCUT2D eigenvalue weighted by molar-refractivity contribution is 6.30. The molecule has 3 rings (SSSR count). The van der Waals surface area contributed by atoms with Crippen LogP contribution in [0, 0.1) is 12.7 Å².